The third-order valence-electron chi connectivity index (χ3n) is 3.78. The molecule has 0 radical (unpaired) electrons. The van der Waals surface area contributed by atoms with Crippen molar-refractivity contribution in [3.63, 3.8) is 0 Å². The van der Waals surface area contributed by atoms with Crippen molar-refractivity contribution in [3.8, 4) is 0 Å². The number of hydrogen-bond donors (Lipinski definition) is 1. The van der Waals surface area contributed by atoms with Gasteiger partial charge in [-0.15, -0.1) is 0 Å². The number of halogens is 1. The van der Waals surface area contributed by atoms with Gasteiger partial charge in [0.1, 0.15) is 5.82 Å². The second-order valence-corrected chi connectivity index (χ2v) is 5.64. The Balaban J connectivity index is 2.00. The predicted molar refractivity (Wildman–Crippen MR) is 73.2 cm³/mol. The average molecular weight is 250 g/mol. The summed E-state index contributed by atoms with van der Waals surface area (Å²) in [6.07, 6.45) is 4.24. The maximum Gasteiger partial charge on any atom is 0.126 e. The van der Waals surface area contributed by atoms with Crippen LogP contribution in [-0.2, 0) is 6.42 Å². The summed E-state index contributed by atoms with van der Waals surface area (Å²) in [5.41, 5.74) is 1.01. The van der Waals surface area contributed by atoms with Crippen LogP contribution >= 0.6 is 0 Å². The summed E-state index contributed by atoms with van der Waals surface area (Å²) >= 11 is 0. The summed E-state index contributed by atoms with van der Waals surface area (Å²) in [5, 5.41) is 3.63. The van der Waals surface area contributed by atoms with Crippen LogP contribution in [0.3, 0.4) is 0 Å². The van der Waals surface area contributed by atoms with Gasteiger partial charge in [0.2, 0.25) is 0 Å². The maximum absolute atomic E-state index is 13.6. The van der Waals surface area contributed by atoms with E-state index in [-0.39, 0.29) is 11.4 Å². The number of nitrogens with one attached hydrogen (secondary N) is 1. The average Bonchev–Trinajstić information content (AvgIpc) is 2.76. The number of benzene rings is 1. The molecule has 1 aliphatic heterocycles. The largest absolute Gasteiger partial charge is 0.310 e. The van der Waals surface area contributed by atoms with Crippen molar-refractivity contribution in [2.24, 2.45) is 0 Å². The third kappa shape index (κ3) is 3.30. The van der Waals surface area contributed by atoms with Gasteiger partial charge >= 0.3 is 0 Å². The molecule has 1 heterocycles. The number of rotatable bonds is 5. The quantitative estimate of drug-likeness (QED) is 0.863. The van der Waals surface area contributed by atoms with Crippen LogP contribution in [0.1, 0.15) is 24.8 Å². The van der Waals surface area contributed by atoms with Gasteiger partial charge in [-0.2, -0.15) is 0 Å². The van der Waals surface area contributed by atoms with E-state index in [1.54, 1.807) is 12.1 Å². The van der Waals surface area contributed by atoms with E-state index in [0.29, 0.717) is 0 Å². The SMILES string of the molecule is CN(C)CC1(CCc2ccccc2F)CCCN1. The van der Waals surface area contributed by atoms with Gasteiger partial charge < -0.3 is 10.2 Å². The summed E-state index contributed by atoms with van der Waals surface area (Å²) in [5.74, 6) is -0.0736. The Bertz CT molecular complexity index is 384. The molecule has 3 heteroatoms. The first-order valence-corrected chi connectivity index (χ1v) is 6.74. The molecular weight excluding hydrogens is 227 g/mol. The molecule has 2 nitrogen and oxygen atoms in total. The summed E-state index contributed by atoms with van der Waals surface area (Å²) in [6, 6.07) is 7.12. The van der Waals surface area contributed by atoms with E-state index in [4.69, 9.17) is 0 Å². The minimum atomic E-state index is -0.0736. The highest BCUT2D eigenvalue weighted by atomic mass is 19.1. The van der Waals surface area contributed by atoms with E-state index in [1.807, 2.05) is 12.1 Å². The fourth-order valence-electron chi connectivity index (χ4n) is 2.98. The zero-order valence-corrected chi connectivity index (χ0v) is 11.4. The first kappa shape index (κ1) is 13.5. The number of aryl methyl sites for hydroxylation is 1. The van der Waals surface area contributed by atoms with Crippen molar-refractivity contribution in [3.05, 3.63) is 35.6 Å². The van der Waals surface area contributed by atoms with Crippen LogP contribution in [-0.4, -0.2) is 37.6 Å². The molecule has 1 N–H and O–H groups in total. The molecular formula is C15H23FN2. The minimum absolute atomic E-state index is 0.0736. The van der Waals surface area contributed by atoms with Crippen molar-refractivity contribution >= 4 is 0 Å². The molecule has 100 valence electrons. The molecule has 1 aromatic rings. The van der Waals surface area contributed by atoms with Crippen LogP contribution < -0.4 is 5.32 Å². The molecule has 18 heavy (non-hydrogen) atoms. The van der Waals surface area contributed by atoms with E-state index in [2.05, 4.69) is 24.3 Å². The van der Waals surface area contributed by atoms with Gasteiger partial charge in [-0.05, 0) is 58.0 Å². The molecule has 0 amide bonds. The molecule has 0 spiro atoms. The molecule has 0 saturated carbocycles. The summed E-state index contributed by atoms with van der Waals surface area (Å²) in [4.78, 5) is 2.22. The molecule has 1 unspecified atom stereocenters. The van der Waals surface area contributed by atoms with Crippen molar-refractivity contribution < 1.29 is 4.39 Å². The summed E-state index contributed by atoms with van der Waals surface area (Å²) < 4.78 is 13.6. The topological polar surface area (TPSA) is 15.3 Å². The molecule has 1 atom stereocenters. The van der Waals surface area contributed by atoms with Crippen LogP contribution in [0.15, 0.2) is 24.3 Å². The number of hydrogen-bond acceptors (Lipinski definition) is 2. The monoisotopic (exact) mass is 250 g/mol. The number of likely N-dealkylation sites (N-methyl/N-ethyl adjacent to an activating group) is 1. The molecule has 2 rings (SSSR count). The van der Waals surface area contributed by atoms with E-state index in [0.717, 1.165) is 31.5 Å². The lowest BCUT2D eigenvalue weighted by Crippen LogP contribution is -2.48. The lowest BCUT2D eigenvalue weighted by atomic mass is 9.89. The smallest absolute Gasteiger partial charge is 0.126 e. The fourth-order valence-corrected chi connectivity index (χ4v) is 2.98. The minimum Gasteiger partial charge on any atom is -0.310 e. The number of nitrogens with zero attached hydrogens (tertiary/aromatic N) is 1. The molecule has 1 aromatic carbocycles. The Kier molecular flexibility index (Phi) is 4.36. The second kappa shape index (κ2) is 5.81. The standard InChI is InChI=1S/C15H23FN2/c1-18(2)12-15(9-5-11-17-15)10-8-13-6-3-4-7-14(13)16/h3-4,6-7,17H,5,8-12H2,1-2H3. The van der Waals surface area contributed by atoms with Gasteiger partial charge in [0.05, 0.1) is 0 Å². The van der Waals surface area contributed by atoms with Crippen LogP contribution in [0.5, 0.6) is 0 Å². The first-order valence-electron chi connectivity index (χ1n) is 6.74. The highest BCUT2D eigenvalue weighted by molar-refractivity contribution is 5.18. The maximum atomic E-state index is 13.6. The highest BCUT2D eigenvalue weighted by Crippen LogP contribution is 2.26. The Morgan fingerprint density at radius 3 is 2.72 bits per heavy atom. The summed E-state index contributed by atoms with van der Waals surface area (Å²) in [6.45, 7) is 2.12. The third-order valence-corrected chi connectivity index (χ3v) is 3.78. The fraction of sp³-hybridized carbons (Fsp3) is 0.600. The second-order valence-electron chi connectivity index (χ2n) is 5.64. The Morgan fingerprint density at radius 1 is 1.33 bits per heavy atom. The summed E-state index contributed by atoms with van der Waals surface area (Å²) in [7, 11) is 4.20. The van der Waals surface area contributed by atoms with Gasteiger partial charge in [0, 0.05) is 12.1 Å². The molecule has 0 aliphatic carbocycles. The molecule has 1 fully saturated rings. The van der Waals surface area contributed by atoms with Crippen LogP contribution in [0, 0.1) is 5.82 Å². The van der Waals surface area contributed by atoms with Crippen LogP contribution in [0.25, 0.3) is 0 Å². The van der Waals surface area contributed by atoms with E-state index in [1.165, 1.54) is 12.8 Å². The normalized spacial score (nSPS) is 23.8. The molecule has 0 aromatic heterocycles. The van der Waals surface area contributed by atoms with Crippen LogP contribution in [0.2, 0.25) is 0 Å². The van der Waals surface area contributed by atoms with Gasteiger partial charge in [0.25, 0.3) is 0 Å². The van der Waals surface area contributed by atoms with Crippen molar-refractivity contribution in [1.29, 1.82) is 0 Å². The highest BCUT2D eigenvalue weighted by Gasteiger charge is 2.33. The van der Waals surface area contributed by atoms with Gasteiger partial charge in [-0.25, -0.2) is 4.39 Å². The Morgan fingerprint density at radius 2 is 2.11 bits per heavy atom. The Hall–Kier alpha value is -0.930. The molecule has 1 aliphatic rings. The van der Waals surface area contributed by atoms with Crippen molar-refractivity contribution in [2.75, 3.05) is 27.2 Å². The van der Waals surface area contributed by atoms with Crippen molar-refractivity contribution in [1.82, 2.24) is 10.2 Å². The van der Waals surface area contributed by atoms with E-state index < -0.39 is 0 Å². The van der Waals surface area contributed by atoms with Crippen molar-refractivity contribution in [2.45, 2.75) is 31.2 Å². The zero-order chi connectivity index (χ0) is 13.0. The lowest BCUT2D eigenvalue weighted by Gasteiger charge is -2.32. The van der Waals surface area contributed by atoms with E-state index >= 15 is 0 Å². The van der Waals surface area contributed by atoms with Gasteiger partial charge in [0.15, 0.2) is 0 Å². The first-order chi connectivity index (χ1) is 8.61. The lowest BCUT2D eigenvalue weighted by molar-refractivity contribution is 0.243. The van der Waals surface area contributed by atoms with Crippen LogP contribution in [0.4, 0.5) is 4.39 Å². The molecule has 1 saturated heterocycles. The van der Waals surface area contributed by atoms with Gasteiger partial charge in [-0.3, -0.25) is 0 Å². The predicted octanol–water partition coefficient (Wildman–Crippen LogP) is 2.44. The zero-order valence-electron chi connectivity index (χ0n) is 11.4. The van der Waals surface area contributed by atoms with Gasteiger partial charge in [-0.1, -0.05) is 18.2 Å². The Labute approximate surface area is 109 Å². The van der Waals surface area contributed by atoms with E-state index in [9.17, 15) is 4.39 Å². The molecule has 0 bridgehead atoms.